The minimum Gasteiger partial charge on any atom is -0.354 e. The Bertz CT molecular complexity index is 263. The standard InChI is InChI=1S/C4H7ClN2O3S/c5-11(9,10)7-2-1-6-4(8)3-7/h1-3H2,(H,6,8). The summed E-state index contributed by atoms with van der Waals surface area (Å²) in [6, 6.07) is 0. The van der Waals surface area contributed by atoms with Gasteiger partial charge in [-0.05, 0) is 0 Å². The number of hydrogen-bond acceptors (Lipinski definition) is 3. The molecule has 1 amide bonds. The van der Waals surface area contributed by atoms with Crippen LogP contribution in [-0.4, -0.2) is 38.3 Å². The molecule has 1 fully saturated rings. The Morgan fingerprint density at radius 3 is 2.55 bits per heavy atom. The third-order valence-corrected chi connectivity index (χ3v) is 2.83. The summed E-state index contributed by atoms with van der Waals surface area (Å²) in [5.41, 5.74) is 0. The first kappa shape index (κ1) is 8.76. The molecule has 0 aromatic rings. The lowest BCUT2D eigenvalue weighted by molar-refractivity contribution is -0.122. The van der Waals surface area contributed by atoms with E-state index in [-0.39, 0.29) is 19.0 Å². The fraction of sp³-hybridized carbons (Fsp3) is 0.750. The van der Waals surface area contributed by atoms with Crippen molar-refractivity contribution in [2.75, 3.05) is 19.6 Å². The van der Waals surface area contributed by atoms with Gasteiger partial charge in [0.15, 0.2) is 0 Å². The van der Waals surface area contributed by atoms with Crippen molar-refractivity contribution in [3.05, 3.63) is 0 Å². The van der Waals surface area contributed by atoms with Gasteiger partial charge in [-0.25, -0.2) is 0 Å². The first-order chi connectivity index (χ1) is 5.00. The SMILES string of the molecule is O=C1CN(S(=O)(=O)Cl)CCN1. The van der Waals surface area contributed by atoms with Crippen molar-refractivity contribution in [1.82, 2.24) is 9.62 Å². The smallest absolute Gasteiger partial charge is 0.300 e. The molecular formula is C4H7ClN2O3S. The lowest BCUT2D eigenvalue weighted by Gasteiger charge is -2.22. The molecule has 1 saturated heterocycles. The predicted octanol–water partition coefficient (Wildman–Crippen LogP) is -1.10. The fourth-order valence-corrected chi connectivity index (χ4v) is 1.74. The highest BCUT2D eigenvalue weighted by atomic mass is 35.7. The molecule has 7 heteroatoms. The number of carbonyl (C=O) groups excluding carboxylic acids is 1. The number of nitrogens with zero attached hydrogens (tertiary/aromatic N) is 1. The van der Waals surface area contributed by atoms with Gasteiger partial charge in [0.2, 0.25) is 5.91 Å². The molecule has 64 valence electrons. The van der Waals surface area contributed by atoms with Gasteiger partial charge in [0.05, 0.1) is 6.54 Å². The van der Waals surface area contributed by atoms with Crippen molar-refractivity contribution >= 4 is 25.8 Å². The van der Waals surface area contributed by atoms with Crippen LogP contribution in [0.3, 0.4) is 0 Å². The maximum atomic E-state index is 10.6. The van der Waals surface area contributed by atoms with Gasteiger partial charge in [-0.1, -0.05) is 0 Å². The quantitative estimate of drug-likeness (QED) is 0.544. The molecule has 0 aromatic heterocycles. The third-order valence-electron chi connectivity index (χ3n) is 1.31. The molecular weight excluding hydrogens is 192 g/mol. The summed E-state index contributed by atoms with van der Waals surface area (Å²) in [5, 5.41) is 2.48. The highest BCUT2D eigenvalue weighted by molar-refractivity contribution is 8.11. The Morgan fingerprint density at radius 1 is 1.55 bits per heavy atom. The van der Waals surface area contributed by atoms with E-state index in [9.17, 15) is 13.2 Å². The highest BCUT2D eigenvalue weighted by Gasteiger charge is 2.25. The van der Waals surface area contributed by atoms with Gasteiger partial charge in [-0.3, -0.25) is 4.79 Å². The second-order valence-corrected chi connectivity index (χ2v) is 4.64. The Labute approximate surface area is 68.9 Å². The molecule has 0 spiro atoms. The van der Waals surface area contributed by atoms with Crippen LogP contribution in [0.1, 0.15) is 0 Å². The first-order valence-electron chi connectivity index (χ1n) is 2.96. The summed E-state index contributed by atoms with van der Waals surface area (Å²) in [6.07, 6.45) is 0. The minimum atomic E-state index is -3.71. The minimum absolute atomic E-state index is 0.175. The predicted molar refractivity (Wildman–Crippen MR) is 39.4 cm³/mol. The van der Waals surface area contributed by atoms with Crippen molar-refractivity contribution in [3.8, 4) is 0 Å². The van der Waals surface area contributed by atoms with Crippen molar-refractivity contribution < 1.29 is 13.2 Å². The van der Waals surface area contributed by atoms with Crippen LogP contribution in [0, 0.1) is 0 Å². The maximum absolute atomic E-state index is 10.6. The van der Waals surface area contributed by atoms with Gasteiger partial charge in [0.1, 0.15) is 0 Å². The monoisotopic (exact) mass is 198 g/mol. The molecule has 5 nitrogen and oxygen atoms in total. The lowest BCUT2D eigenvalue weighted by Crippen LogP contribution is -2.48. The van der Waals surface area contributed by atoms with Crippen LogP contribution in [-0.2, 0) is 14.0 Å². The molecule has 1 N–H and O–H groups in total. The molecule has 1 heterocycles. The first-order valence-corrected chi connectivity index (χ1v) is 5.23. The number of piperazine rings is 1. The zero-order valence-electron chi connectivity index (χ0n) is 5.58. The second kappa shape index (κ2) is 2.96. The summed E-state index contributed by atoms with van der Waals surface area (Å²) in [4.78, 5) is 10.6. The molecule has 0 aliphatic carbocycles. The summed E-state index contributed by atoms with van der Waals surface area (Å²) in [6.45, 7) is 0.397. The van der Waals surface area contributed by atoms with E-state index in [1.54, 1.807) is 0 Å². The van der Waals surface area contributed by atoms with Gasteiger partial charge in [-0.2, -0.15) is 12.7 Å². The molecule has 0 saturated carbocycles. The summed E-state index contributed by atoms with van der Waals surface area (Å²) < 4.78 is 22.2. The second-order valence-electron chi connectivity index (χ2n) is 2.13. The fourth-order valence-electron chi connectivity index (χ4n) is 0.801. The van der Waals surface area contributed by atoms with Crippen molar-refractivity contribution in [1.29, 1.82) is 0 Å². The topological polar surface area (TPSA) is 66.5 Å². The van der Waals surface area contributed by atoms with Crippen LogP contribution < -0.4 is 5.32 Å². The number of rotatable bonds is 1. The molecule has 0 radical (unpaired) electrons. The van der Waals surface area contributed by atoms with E-state index in [1.807, 2.05) is 0 Å². The van der Waals surface area contributed by atoms with E-state index in [0.29, 0.717) is 6.54 Å². The van der Waals surface area contributed by atoms with Gasteiger partial charge in [0.25, 0.3) is 9.24 Å². The Hall–Kier alpha value is -0.330. The summed E-state index contributed by atoms with van der Waals surface area (Å²) in [5.74, 6) is -0.319. The zero-order chi connectivity index (χ0) is 8.48. The number of hydrogen-bond donors (Lipinski definition) is 1. The van der Waals surface area contributed by atoms with Crippen LogP contribution in [0.4, 0.5) is 0 Å². The summed E-state index contributed by atoms with van der Waals surface area (Å²) in [7, 11) is 1.28. The number of nitrogens with one attached hydrogen (secondary N) is 1. The van der Waals surface area contributed by atoms with E-state index in [4.69, 9.17) is 10.7 Å². The van der Waals surface area contributed by atoms with Crippen LogP contribution in [0.25, 0.3) is 0 Å². The Balaban J connectivity index is 2.68. The van der Waals surface area contributed by atoms with E-state index in [2.05, 4.69) is 5.32 Å². The van der Waals surface area contributed by atoms with Crippen LogP contribution >= 0.6 is 10.7 Å². The maximum Gasteiger partial charge on any atom is 0.300 e. The molecule has 1 aliphatic rings. The number of halogens is 1. The third kappa shape index (κ3) is 2.32. The number of amides is 1. The summed E-state index contributed by atoms with van der Waals surface area (Å²) >= 11 is 0. The number of carbonyl (C=O) groups is 1. The Morgan fingerprint density at radius 2 is 2.18 bits per heavy atom. The molecule has 11 heavy (non-hydrogen) atoms. The molecule has 1 aliphatic heterocycles. The largest absolute Gasteiger partial charge is 0.354 e. The van der Waals surface area contributed by atoms with Crippen LogP contribution in [0.15, 0.2) is 0 Å². The molecule has 0 atom stereocenters. The van der Waals surface area contributed by atoms with E-state index in [1.165, 1.54) is 0 Å². The lowest BCUT2D eigenvalue weighted by atomic mass is 10.4. The van der Waals surface area contributed by atoms with Crippen molar-refractivity contribution in [3.63, 3.8) is 0 Å². The van der Waals surface area contributed by atoms with Crippen LogP contribution in [0.5, 0.6) is 0 Å². The normalized spacial score (nSPS) is 21.4. The van der Waals surface area contributed by atoms with Gasteiger partial charge >= 0.3 is 0 Å². The molecule has 0 bridgehead atoms. The van der Waals surface area contributed by atoms with Gasteiger partial charge in [0, 0.05) is 23.8 Å². The van der Waals surface area contributed by atoms with E-state index >= 15 is 0 Å². The average molecular weight is 199 g/mol. The zero-order valence-corrected chi connectivity index (χ0v) is 7.15. The highest BCUT2D eigenvalue weighted by Crippen LogP contribution is 2.06. The van der Waals surface area contributed by atoms with Crippen molar-refractivity contribution in [2.45, 2.75) is 0 Å². The Kier molecular flexibility index (Phi) is 2.36. The van der Waals surface area contributed by atoms with Crippen LogP contribution in [0.2, 0.25) is 0 Å². The van der Waals surface area contributed by atoms with E-state index < -0.39 is 9.24 Å². The van der Waals surface area contributed by atoms with Crippen molar-refractivity contribution in [2.24, 2.45) is 0 Å². The van der Waals surface area contributed by atoms with Gasteiger partial charge in [-0.15, -0.1) is 0 Å². The average Bonchev–Trinajstić information content (AvgIpc) is 1.86. The van der Waals surface area contributed by atoms with E-state index in [0.717, 1.165) is 4.31 Å². The molecule has 0 aromatic carbocycles. The molecule has 0 unspecified atom stereocenters. The molecule has 1 rings (SSSR count). The van der Waals surface area contributed by atoms with Gasteiger partial charge < -0.3 is 5.32 Å².